The van der Waals surface area contributed by atoms with E-state index < -0.39 is 0 Å². The minimum atomic E-state index is 0.944. The van der Waals surface area contributed by atoms with Gasteiger partial charge in [0, 0.05) is 0 Å². The van der Waals surface area contributed by atoms with Gasteiger partial charge >= 0.3 is 0 Å². The molecular formula is C13H18O. The van der Waals surface area contributed by atoms with Gasteiger partial charge in [-0.05, 0) is 51.8 Å². The van der Waals surface area contributed by atoms with E-state index >= 15 is 0 Å². The summed E-state index contributed by atoms with van der Waals surface area (Å²) in [6.45, 7) is 6.40. The fourth-order valence-corrected chi connectivity index (χ4v) is 1.28. The summed E-state index contributed by atoms with van der Waals surface area (Å²) in [4.78, 5) is 0. The van der Waals surface area contributed by atoms with E-state index in [2.05, 4.69) is 32.9 Å². The van der Waals surface area contributed by atoms with Crippen molar-refractivity contribution >= 4 is 6.08 Å². The lowest BCUT2D eigenvalue weighted by Crippen LogP contribution is -1.76. The Morgan fingerprint density at radius 2 is 2.14 bits per heavy atom. The molecule has 0 aliphatic carbocycles. The van der Waals surface area contributed by atoms with Crippen LogP contribution in [0.4, 0.5) is 0 Å². The van der Waals surface area contributed by atoms with Crippen molar-refractivity contribution in [3.63, 3.8) is 0 Å². The summed E-state index contributed by atoms with van der Waals surface area (Å²) in [6, 6.07) is 3.89. The molecule has 0 aromatic carbocycles. The summed E-state index contributed by atoms with van der Waals surface area (Å²) < 4.78 is 5.24. The van der Waals surface area contributed by atoms with Crippen molar-refractivity contribution in [2.24, 2.45) is 0 Å². The Hall–Kier alpha value is -1.24. The molecule has 0 aliphatic rings. The first kappa shape index (κ1) is 10.8. The maximum absolute atomic E-state index is 5.24. The van der Waals surface area contributed by atoms with E-state index in [0.29, 0.717) is 0 Å². The molecule has 0 atom stereocenters. The Morgan fingerprint density at radius 3 is 2.71 bits per heavy atom. The zero-order chi connectivity index (χ0) is 10.4. The van der Waals surface area contributed by atoms with Gasteiger partial charge < -0.3 is 4.42 Å². The van der Waals surface area contributed by atoms with Crippen LogP contribution in [0.5, 0.6) is 0 Å². The van der Waals surface area contributed by atoms with Crippen LogP contribution < -0.4 is 0 Å². The molecule has 0 saturated heterocycles. The van der Waals surface area contributed by atoms with Crippen LogP contribution in [0.2, 0.25) is 0 Å². The highest BCUT2D eigenvalue weighted by Crippen LogP contribution is 2.12. The Bertz CT molecular complexity index is 311. The Morgan fingerprint density at radius 1 is 1.36 bits per heavy atom. The minimum absolute atomic E-state index is 0.944. The van der Waals surface area contributed by atoms with Crippen molar-refractivity contribution in [3.05, 3.63) is 41.4 Å². The molecule has 0 aliphatic heterocycles. The van der Waals surface area contributed by atoms with Gasteiger partial charge in [-0.15, -0.1) is 0 Å². The third-order valence-corrected chi connectivity index (χ3v) is 2.02. The fourth-order valence-electron chi connectivity index (χ4n) is 1.28. The van der Waals surface area contributed by atoms with Crippen LogP contribution in [-0.4, -0.2) is 0 Å². The van der Waals surface area contributed by atoms with E-state index in [4.69, 9.17) is 4.42 Å². The molecule has 1 aromatic heterocycles. The van der Waals surface area contributed by atoms with Crippen LogP contribution in [0.25, 0.3) is 6.08 Å². The second-order valence-corrected chi connectivity index (χ2v) is 3.83. The molecule has 0 amide bonds. The van der Waals surface area contributed by atoms with Gasteiger partial charge in [0.15, 0.2) is 0 Å². The average Bonchev–Trinajstić information content (AvgIpc) is 2.56. The van der Waals surface area contributed by atoms with Crippen molar-refractivity contribution in [2.45, 2.75) is 33.6 Å². The molecule has 0 radical (unpaired) electrons. The number of allylic oxidation sites excluding steroid dienone is 3. The fraction of sp³-hybridized carbons (Fsp3) is 0.385. The van der Waals surface area contributed by atoms with Crippen molar-refractivity contribution in [1.29, 1.82) is 0 Å². The number of hydrogen-bond acceptors (Lipinski definition) is 1. The molecule has 0 saturated carbocycles. The third-order valence-electron chi connectivity index (χ3n) is 2.02. The predicted octanol–water partition coefficient (Wildman–Crippen LogP) is 4.43. The third kappa shape index (κ3) is 4.13. The first-order valence-corrected chi connectivity index (χ1v) is 5.02. The van der Waals surface area contributed by atoms with Gasteiger partial charge in [0.25, 0.3) is 0 Å². The molecule has 0 spiro atoms. The van der Waals surface area contributed by atoms with E-state index in [9.17, 15) is 0 Å². The minimum Gasteiger partial charge on any atom is -0.465 e. The molecular weight excluding hydrogens is 172 g/mol. The molecule has 1 heterocycles. The van der Waals surface area contributed by atoms with E-state index in [1.807, 2.05) is 12.1 Å². The largest absolute Gasteiger partial charge is 0.465 e. The van der Waals surface area contributed by atoms with Crippen LogP contribution in [0.1, 0.15) is 39.4 Å². The molecule has 0 bridgehead atoms. The van der Waals surface area contributed by atoms with Crippen LogP contribution in [0.3, 0.4) is 0 Å². The van der Waals surface area contributed by atoms with E-state index in [0.717, 1.165) is 18.6 Å². The quantitative estimate of drug-likeness (QED) is 0.640. The smallest absolute Gasteiger partial charge is 0.126 e. The predicted molar refractivity (Wildman–Crippen MR) is 61.0 cm³/mol. The van der Waals surface area contributed by atoms with Gasteiger partial charge in [0.1, 0.15) is 5.76 Å². The first-order chi connectivity index (χ1) is 6.68. The molecule has 1 nitrogen and oxygen atoms in total. The molecule has 0 fully saturated rings. The highest BCUT2D eigenvalue weighted by molar-refractivity contribution is 5.46. The zero-order valence-electron chi connectivity index (χ0n) is 9.21. The maximum Gasteiger partial charge on any atom is 0.126 e. The number of furan rings is 1. The van der Waals surface area contributed by atoms with Gasteiger partial charge in [-0.1, -0.05) is 17.2 Å². The lowest BCUT2D eigenvalue weighted by molar-refractivity contribution is 0.556. The zero-order valence-corrected chi connectivity index (χ0v) is 9.21. The second-order valence-electron chi connectivity index (χ2n) is 3.83. The topological polar surface area (TPSA) is 13.1 Å². The lowest BCUT2D eigenvalue weighted by atomic mass is 10.1. The van der Waals surface area contributed by atoms with Crippen LogP contribution in [-0.2, 0) is 0 Å². The number of rotatable bonds is 4. The van der Waals surface area contributed by atoms with Crippen LogP contribution in [0, 0.1) is 0 Å². The van der Waals surface area contributed by atoms with E-state index in [1.165, 1.54) is 11.1 Å². The number of hydrogen-bond donors (Lipinski definition) is 0. The molecule has 76 valence electrons. The van der Waals surface area contributed by atoms with Crippen LogP contribution in [0.15, 0.2) is 40.0 Å². The van der Waals surface area contributed by atoms with Crippen LogP contribution >= 0.6 is 0 Å². The average molecular weight is 190 g/mol. The lowest BCUT2D eigenvalue weighted by Gasteiger charge is -1.97. The second kappa shape index (κ2) is 5.48. The summed E-state index contributed by atoms with van der Waals surface area (Å²) in [7, 11) is 0. The van der Waals surface area contributed by atoms with E-state index in [1.54, 1.807) is 6.26 Å². The SMILES string of the molecule is CC(C)=CCC/C(C)=C/c1ccco1. The summed E-state index contributed by atoms with van der Waals surface area (Å²) in [5.74, 6) is 0.944. The van der Waals surface area contributed by atoms with Gasteiger partial charge in [0.2, 0.25) is 0 Å². The standard InChI is InChI=1S/C13H18O/c1-11(2)6-4-7-12(3)10-13-8-5-9-14-13/h5-6,8-10H,4,7H2,1-3H3/b12-10+. The highest BCUT2D eigenvalue weighted by Gasteiger charge is 1.92. The molecule has 1 rings (SSSR count). The Balaban J connectivity index is 2.42. The normalized spacial score (nSPS) is 11.5. The van der Waals surface area contributed by atoms with Crippen molar-refractivity contribution < 1.29 is 4.42 Å². The maximum atomic E-state index is 5.24. The van der Waals surface area contributed by atoms with Gasteiger partial charge in [-0.3, -0.25) is 0 Å². The van der Waals surface area contributed by atoms with Crippen molar-refractivity contribution in [2.75, 3.05) is 0 Å². The molecule has 0 N–H and O–H groups in total. The summed E-state index contributed by atoms with van der Waals surface area (Å²) >= 11 is 0. The highest BCUT2D eigenvalue weighted by atomic mass is 16.3. The monoisotopic (exact) mass is 190 g/mol. The molecule has 1 heteroatoms. The summed E-state index contributed by atoms with van der Waals surface area (Å²) in [5.41, 5.74) is 2.74. The first-order valence-electron chi connectivity index (χ1n) is 5.02. The van der Waals surface area contributed by atoms with Crippen molar-refractivity contribution in [1.82, 2.24) is 0 Å². The molecule has 1 aromatic rings. The van der Waals surface area contributed by atoms with Crippen molar-refractivity contribution in [3.8, 4) is 0 Å². The van der Waals surface area contributed by atoms with Gasteiger partial charge in [0.05, 0.1) is 6.26 Å². The summed E-state index contributed by atoms with van der Waals surface area (Å²) in [6.07, 6.45) is 8.28. The van der Waals surface area contributed by atoms with Gasteiger partial charge in [-0.25, -0.2) is 0 Å². The molecule has 0 unspecified atom stereocenters. The Labute approximate surface area is 86.1 Å². The summed E-state index contributed by atoms with van der Waals surface area (Å²) in [5, 5.41) is 0. The molecule has 14 heavy (non-hydrogen) atoms. The van der Waals surface area contributed by atoms with E-state index in [-0.39, 0.29) is 0 Å². The Kier molecular flexibility index (Phi) is 4.24. The van der Waals surface area contributed by atoms with Gasteiger partial charge in [-0.2, -0.15) is 0 Å².